The molecule has 0 radical (unpaired) electrons. The Bertz CT molecular complexity index is 510. The van der Waals surface area contributed by atoms with E-state index in [0.717, 1.165) is 5.56 Å². The number of nitrogens with two attached hydrogens (primary N) is 1. The van der Waals surface area contributed by atoms with Gasteiger partial charge in [-0.25, -0.2) is 14.4 Å². The monoisotopic (exact) mass is 252 g/mol. The fourth-order valence-electron chi connectivity index (χ4n) is 1.22. The summed E-state index contributed by atoms with van der Waals surface area (Å²) in [5.74, 6) is 0.0970. The highest BCUT2D eigenvalue weighted by Crippen LogP contribution is 2.14. The number of rotatable bonds is 2. The quantitative estimate of drug-likeness (QED) is 0.634. The van der Waals surface area contributed by atoms with E-state index in [1.54, 1.807) is 12.1 Å². The SMILES string of the molecule is Cl.N=C(N)c1cnc(-c2ccc(F)cc2)nc1. The van der Waals surface area contributed by atoms with Crippen molar-refractivity contribution in [1.82, 2.24) is 9.97 Å². The molecule has 6 heteroatoms. The van der Waals surface area contributed by atoms with E-state index in [9.17, 15) is 4.39 Å². The van der Waals surface area contributed by atoms with Crippen LogP contribution in [0.15, 0.2) is 36.7 Å². The number of nitrogens with zero attached hydrogens (tertiary/aromatic N) is 2. The Morgan fingerprint density at radius 3 is 2.12 bits per heavy atom. The third-order valence-electron chi connectivity index (χ3n) is 2.07. The Labute approximate surface area is 104 Å². The molecule has 2 aromatic rings. The van der Waals surface area contributed by atoms with Crippen molar-refractivity contribution in [3.63, 3.8) is 0 Å². The van der Waals surface area contributed by atoms with Crippen LogP contribution in [0.2, 0.25) is 0 Å². The van der Waals surface area contributed by atoms with Gasteiger partial charge >= 0.3 is 0 Å². The number of hydrogen-bond donors (Lipinski definition) is 2. The van der Waals surface area contributed by atoms with Crippen LogP contribution in [0.3, 0.4) is 0 Å². The van der Waals surface area contributed by atoms with Crippen LogP contribution in [0.1, 0.15) is 5.56 Å². The van der Waals surface area contributed by atoms with E-state index >= 15 is 0 Å². The number of hydrogen-bond acceptors (Lipinski definition) is 3. The van der Waals surface area contributed by atoms with Crippen LogP contribution >= 0.6 is 12.4 Å². The van der Waals surface area contributed by atoms with Crippen LogP contribution in [0.5, 0.6) is 0 Å². The van der Waals surface area contributed by atoms with Gasteiger partial charge in [0.25, 0.3) is 0 Å². The van der Waals surface area contributed by atoms with Crippen LogP contribution in [0.25, 0.3) is 11.4 Å². The van der Waals surface area contributed by atoms with Crippen molar-refractivity contribution in [2.45, 2.75) is 0 Å². The average Bonchev–Trinajstić information content (AvgIpc) is 2.30. The van der Waals surface area contributed by atoms with Gasteiger partial charge in [-0.15, -0.1) is 12.4 Å². The minimum absolute atomic E-state index is 0. The van der Waals surface area contributed by atoms with Crippen molar-refractivity contribution in [2.24, 2.45) is 5.73 Å². The summed E-state index contributed by atoms with van der Waals surface area (Å²) >= 11 is 0. The van der Waals surface area contributed by atoms with E-state index in [0.29, 0.717) is 11.4 Å². The van der Waals surface area contributed by atoms with Gasteiger partial charge in [-0.2, -0.15) is 0 Å². The Morgan fingerprint density at radius 1 is 1.12 bits per heavy atom. The highest BCUT2D eigenvalue weighted by molar-refractivity contribution is 5.94. The van der Waals surface area contributed by atoms with Crippen LogP contribution < -0.4 is 5.73 Å². The smallest absolute Gasteiger partial charge is 0.159 e. The molecule has 0 saturated heterocycles. The molecule has 0 aliphatic carbocycles. The van der Waals surface area contributed by atoms with Crippen LogP contribution in [0, 0.1) is 11.2 Å². The summed E-state index contributed by atoms with van der Waals surface area (Å²) in [6.45, 7) is 0. The maximum absolute atomic E-state index is 12.7. The Kier molecular flexibility index (Phi) is 4.12. The van der Waals surface area contributed by atoms with E-state index in [1.807, 2.05) is 0 Å². The van der Waals surface area contributed by atoms with Crippen molar-refractivity contribution < 1.29 is 4.39 Å². The first-order valence-electron chi connectivity index (χ1n) is 4.59. The topological polar surface area (TPSA) is 75.7 Å². The van der Waals surface area contributed by atoms with Gasteiger partial charge in [-0.3, -0.25) is 5.41 Å². The van der Waals surface area contributed by atoms with Gasteiger partial charge in [0.15, 0.2) is 5.82 Å². The fraction of sp³-hybridized carbons (Fsp3) is 0. The minimum atomic E-state index is -0.302. The number of nitrogens with one attached hydrogen (secondary N) is 1. The summed E-state index contributed by atoms with van der Waals surface area (Å²) in [7, 11) is 0. The lowest BCUT2D eigenvalue weighted by atomic mass is 10.2. The summed E-state index contributed by atoms with van der Waals surface area (Å²) in [5.41, 5.74) is 6.46. The Hall–Kier alpha value is -2.01. The third kappa shape index (κ3) is 2.98. The van der Waals surface area contributed by atoms with Gasteiger partial charge in [0.2, 0.25) is 0 Å². The summed E-state index contributed by atoms with van der Waals surface area (Å²) in [5, 5.41) is 7.19. The normalized spacial score (nSPS) is 9.47. The van der Waals surface area contributed by atoms with Gasteiger partial charge in [-0.05, 0) is 24.3 Å². The molecule has 0 fully saturated rings. The first-order chi connectivity index (χ1) is 7.66. The van der Waals surface area contributed by atoms with E-state index in [4.69, 9.17) is 11.1 Å². The second-order valence-electron chi connectivity index (χ2n) is 3.22. The predicted molar refractivity (Wildman–Crippen MR) is 65.7 cm³/mol. The molecule has 17 heavy (non-hydrogen) atoms. The van der Waals surface area contributed by atoms with Gasteiger partial charge < -0.3 is 5.73 Å². The summed E-state index contributed by atoms with van der Waals surface area (Å²) in [6, 6.07) is 5.88. The molecule has 0 aliphatic rings. The lowest BCUT2D eigenvalue weighted by Crippen LogP contribution is -2.11. The number of amidine groups is 1. The number of nitrogen functional groups attached to an aromatic ring is 1. The van der Waals surface area contributed by atoms with E-state index in [1.165, 1.54) is 24.5 Å². The average molecular weight is 253 g/mol. The molecule has 0 unspecified atom stereocenters. The number of halogens is 2. The molecular formula is C11H10ClFN4. The van der Waals surface area contributed by atoms with Gasteiger partial charge in [0.1, 0.15) is 11.7 Å². The van der Waals surface area contributed by atoms with Crippen LogP contribution in [0.4, 0.5) is 4.39 Å². The second-order valence-corrected chi connectivity index (χ2v) is 3.22. The Balaban J connectivity index is 0.00000144. The summed E-state index contributed by atoms with van der Waals surface area (Å²) < 4.78 is 12.7. The molecule has 0 aliphatic heterocycles. The van der Waals surface area contributed by atoms with Gasteiger partial charge in [-0.1, -0.05) is 0 Å². The molecule has 3 N–H and O–H groups in total. The number of aromatic nitrogens is 2. The summed E-state index contributed by atoms with van der Waals surface area (Å²) in [4.78, 5) is 8.09. The van der Waals surface area contributed by atoms with Crippen molar-refractivity contribution in [3.05, 3.63) is 48.0 Å². The van der Waals surface area contributed by atoms with Crippen molar-refractivity contribution >= 4 is 18.2 Å². The predicted octanol–water partition coefficient (Wildman–Crippen LogP) is 1.99. The zero-order valence-electron chi connectivity index (χ0n) is 8.72. The number of benzene rings is 1. The first-order valence-corrected chi connectivity index (χ1v) is 4.59. The highest BCUT2D eigenvalue weighted by Gasteiger charge is 2.02. The van der Waals surface area contributed by atoms with Crippen molar-refractivity contribution in [3.8, 4) is 11.4 Å². The van der Waals surface area contributed by atoms with Gasteiger partial charge in [0, 0.05) is 18.0 Å². The molecule has 0 bridgehead atoms. The maximum Gasteiger partial charge on any atom is 0.159 e. The lowest BCUT2D eigenvalue weighted by Gasteiger charge is -2.01. The van der Waals surface area contributed by atoms with E-state index in [2.05, 4.69) is 9.97 Å². The standard InChI is InChI=1S/C11H9FN4.ClH/c12-9-3-1-7(2-4-9)11-15-5-8(6-16-11)10(13)14;/h1-6H,(H3,13,14);1H. The van der Waals surface area contributed by atoms with E-state index < -0.39 is 0 Å². The molecule has 1 aromatic heterocycles. The molecule has 0 amide bonds. The highest BCUT2D eigenvalue weighted by atomic mass is 35.5. The van der Waals surface area contributed by atoms with Crippen molar-refractivity contribution in [1.29, 1.82) is 5.41 Å². The second kappa shape index (κ2) is 5.36. The molecule has 2 rings (SSSR count). The molecule has 1 aromatic carbocycles. The third-order valence-corrected chi connectivity index (χ3v) is 2.07. The van der Waals surface area contributed by atoms with E-state index in [-0.39, 0.29) is 24.1 Å². The van der Waals surface area contributed by atoms with Crippen LogP contribution in [-0.2, 0) is 0 Å². The maximum atomic E-state index is 12.7. The molecule has 88 valence electrons. The zero-order valence-corrected chi connectivity index (χ0v) is 9.54. The molecule has 4 nitrogen and oxygen atoms in total. The lowest BCUT2D eigenvalue weighted by molar-refractivity contribution is 0.628. The summed E-state index contributed by atoms with van der Waals surface area (Å²) in [6.07, 6.45) is 2.93. The molecule has 0 saturated carbocycles. The Morgan fingerprint density at radius 2 is 1.65 bits per heavy atom. The first kappa shape index (κ1) is 13.1. The molecule has 0 spiro atoms. The van der Waals surface area contributed by atoms with Gasteiger partial charge in [0.05, 0.1) is 5.56 Å². The van der Waals surface area contributed by atoms with Crippen molar-refractivity contribution in [2.75, 3.05) is 0 Å². The molecule has 1 heterocycles. The van der Waals surface area contributed by atoms with Crippen LogP contribution in [-0.4, -0.2) is 15.8 Å². The zero-order chi connectivity index (χ0) is 11.5. The molecular weight excluding hydrogens is 243 g/mol. The molecule has 0 atom stereocenters. The fourth-order valence-corrected chi connectivity index (χ4v) is 1.22. The minimum Gasteiger partial charge on any atom is -0.384 e. The largest absolute Gasteiger partial charge is 0.384 e.